The minimum Gasteiger partial charge on any atom is -0.268 e. The van der Waals surface area contributed by atoms with Gasteiger partial charge in [-0.05, 0) is 46.3 Å². The fourth-order valence-electron chi connectivity index (χ4n) is 2.09. The average molecular weight is 320 g/mol. The van der Waals surface area contributed by atoms with E-state index in [2.05, 4.69) is 15.9 Å². The number of hydrogen-bond donors (Lipinski definition) is 0. The van der Waals surface area contributed by atoms with Crippen molar-refractivity contribution in [2.24, 2.45) is 0 Å². The van der Waals surface area contributed by atoms with Gasteiger partial charge in [-0.2, -0.15) is 0 Å². The van der Waals surface area contributed by atoms with Crippen LogP contribution in [-0.2, 0) is 0 Å². The number of fused-ring (bicyclic) bond motifs is 1. The summed E-state index contributed by atoms with van der Waals surface area (Å²) in [6, 6.07) is 10.4. The molecule has 0 N–H and O–H groups in total. The van der Waals surface area contributed by atoms with E-state index in [0.717, 1.165) is 11.0 Å². The van der Waals surface area contributed by atoms with Gasteiger partial charge in [-0.3, -0.25) is 9.59 Å². The average Bonchev–Trinajstić information content (AvgIpc) is 2.63. The Morgan fingerprint density at radius 1 is 1.00 bits per heavy atom. The largest absolute Gasteiger partial charge is 0.268 e. The Bertz CT molecular complexity index is 714. The summed E-state index contributed by atoms with van der Waals surface area (Å²) in [6.45, 7) is 0. The van der Waals surface area contributed by atoms with E-state index in [0.29, 0.717) is 15.6 Å². The lowest BCUT2D eigenvalue weighted by atomic mass is 10.1. The molecule has 0 saturated heterocycles. The van der Waals surface area contributed by atoms with E-state index in [-0.39, 0.29) is 5.69 Å². The number of halogens is 2. The molecule has 1 aliphatic rings. The molecule has 94 valence electrons. The van der Waals surface area contributed by atoms with Crippen LogP contribution in [0.5, 0.6) is 0 Å². The summed E-state index contributed by atoms with van der Waals surface area (Å²) in [4.78, 5) is 25.5. The predicted molar refractivity (Wildman–Crippen MR) is 71.7 cm³/mol. The summed E-state index contributed by atoms with van der Waals surface area (Å²) in [5, 5.41) is 0. The SMILES string of the molecule is O=C1c2cccc(Br)c2C(=O)N1c1cccc(F)c1. The minimum atomic E-state index is -0.492. The highest BCUT2D eigenvalue weighted by Crippen LogP contribution is 2.32. The van der Waals surface area contributed by atoms with Gasteiger partial charge in [-0.25, -0.2) is 9.29 Å². The Kier molecular flexibility index (Phi) is 2.71. The van der Waals surface area contributed by atoms with Crippen LogP contribution < -0.4 is 4.90 Å². The number of imide groups is 1. The molecule has 0 aliphatic carbocycles. The standard InChI is InChI=1S/C14H7BrFNO2/c15-11-6-2-5-10-12(11)14(19)17(13(10)18)9-4-1-3-8(16)7-9/h1-7H. The van der Waals surface area contributed by atoms with Crippen LogP contribution in [-0.4, -0.2) is 11.8 Å². The summed E-state index contributed by atoms with van der Waals surface area (Å²) in [5.74, 6) is -1.38. The molecule has 1 aliphatic heterocycles. The Hall–Kier alpha value is -2.01. The molecule has 0 unspecified atom stereocenters. The molecule has 5 heteroatoms. The number of anilines is 1. The number of rotatable bonds is 1. The van der Waals surface area contributed by atoms with E-state index in [9.17, 15) is 14.0 Å². The highest BCUT2D eigenvalue weighted by Gasteiger charge is 2.38. The van der Waals surface area contributed by atoms with E-state index in [1.807, 2.05) is 0 Å². The van der Waals surface area contributed by atoms with E-state index >= 15 is 0 Å². The fraction of sp³-hybridized carbons (Fsp3) is 0. The number of carbonyl (C=O) groups is 2. The first-order valence-electron chi connectivity index (χ1n) is 5.52. The molecule has 19 heavy (non-hydrogen) atoms. The van der Waals surface area contributed by atoms with Crippen LogP contribution in [0.2, 0.25) is 0 Å². The van der Waals surface area contributed by atoms with Crippen LogP contribution >= 0.6 is 15.9 Å². The van der Waals surface area contributed by atoms with Crippen molar-refractivity contribution in [3.8, 4) is 0 Å². The first kappa shape index (κ1) is 12.0. The van der Waals surface area contributed by atoms with Crippen molar-refractivity contribution in [1.82, 2.24) is 0 Å². The Balaban J connectivity index is 2.16. The van der Waals surface area contributed by atoms with Gasteiger partial charge in [-0.1, -0.05) is 12.1 Å². The zero-order valence-corrected chi connectivity index (χ0v) is 11.1. The summed E-state index contributed by atoms with van der Waals surface area (Å²) in [5.41, 5.74) is 0.874. The molecule has 0 radical (unpaired) electrons. The Morgan fingerprint density at radius 3 is 2.42 bits per heavy atom. The summed E-state index contributed by atoms with van der Waals surface area (Å²) >= 11 is 3.26. The maximum Gasteiger partial charge on any atom is 0.267 e. The lowest BCUT2D eigenvalue weighted by Gasteiger charge is -2.13. The van der Waals surface area contributed by atoms with Crippen LogP contribution in [0.25, 0.3) is 0 Å². The van der Waals surface area contributed by atoms with Gasteiger partial charge in [0.2, 0.25) is 0 Å². The van der Waals surface area contributed by atoms with Crippen molar-refractivity contribution in [2.75, 3.05) is 4.90 Å². The first-order chi connectivity index (χ1) is 9.09. The summed E-state index contributed by atoms with van der Waals surface area (Å²) in [6.07, 6.45) is 0. The Labute approximate surface area is 116 Å². The van der Waals surface area contributed by atoms with Gasteiger partial charge in [-0.15, -0.1) is 0 Å². The van der Waals surface area contributed by atoms with Gasteiger partial charge < -0.3 is 0 Å². The fourth-order valence-corrected chi connectivity index (χ4v) is 2.63. The lowest BCUT2D eigenvalue weighted by Crippen LogP contribution is -2.29. The smallest absolute Gasteiger partial charge is 0.267 e. The minimum absolute atomic E-state index is 0.234. The zero-order chi connectivity index (χ0) is 13.6. The molecule has 0 fully saturated rings. The predicted octanol–water partition coefficient (Wildman–Crippen LogP) is 3.39. The second-order valence-corrected chi connectivity index (χ2v) is 4.94. The van der Waals surface area contributed by atoms with Crippen molar-refractivity contribution >= 4 is 33.4 Å². The maximum absolute atomic E-state index is 13.2. The highest BCUT2D eigenvalue weighted by molar-refractivity contribution is 9.10. The molecule has 0 saturated carbocycles. The number of nitrogens with zero attached hydrogens (tertiary/aromatic N) is 1. The topological polar surface area (TPSA) is 37.4 Å². The number of benzene rings is 2. The molecular formula is C14H7BrFNO2. The molecule has 0 aromatic heterocycles. The van der Waals surface area contributed by atoms with Crippen molar-refractivity contribution in [2.45, 2.75) is 0 Å². The van der Waals surface area contributed by atoms with Crippen molar-refractivity contribution in [1.29, 1.82) is 0 Å². The highest BCUT2D eigenvalue weighted by atomic mass is 79.9. The number of carbonyl (C=O) groups excluding carboxylic acids is 2. The number of amides is 2. The third-order valence-electron chi connectivity index (χ3n) is 2.93. The molecule has 2 amide bonds. The monoisotopic (exact) mass is 319 g/mol. The molecular weight excluding hydrogens is 313 g/mol. The van der Waals surface area contributed by atoms with Gasteiger partial charge in [0.15, 0.2) is 0 Å². The van der Waals surface area contributed by atoms with Gasteiger partial charge >= 0.3 is 0 Å². The third-order valence-corrected chi connectivity index (χ3v) is 3.59. The van der Waals surface area contributed by atoms with Crippen LogP contribution in [0.3, 0.4) is 0 Å². The number of hydrogen-bond acceptors (Lipinski definition) is 2. The summed E-state index contributed by atoms with van der Waals surface area (Å²) in [7, 11) is 0. The maximum atomic E-state index is 13.2. The van der Waals surface area contributed by atoms with Crippen LogP contribution in [0.15, 0.2) is 46.9 Å². The van der Waals surface area contributed by atoms with Gasteiger partial charge in [0.25, 0.3) is 11.8 Å². The van der Waals surface area contributed by atoms with E-state index < -0.39 is 17.6 Å². The van der Waals surface area contributed by atoms with Gasteiger partial charge in [0.1, 0.15) is 5.82 Å². The van der Waals surface area contributed by atoms with Crippen LogP contribution in [0.1, 0.15) is 20.7 Å². The lowest BCUT2D eigenvalue weighted by molar-refractivity contribution is 0.0926. The molecule has 0 atom stereocenters. The summed E-state index contributed by atoms with van der Waals surface area (Å²) < 4.78 is 13.8. The van der Waals surface area contributed by atoms with E-state index in [1.54, 1.807) is 18.2 Å². The van der Waals surface area contributed by atoms with Crippen LogP contribution in [0, 0.1) is 5.82 Å². The molecule has 2 aromatic rings. The van der Waals surface area contributed by atoms with E-state index in [1.165, 1.54) is 18.2 Å². The second-order valence-electron chi connectivity index (χ2n) is 4.09. The quantitative estimate of drug-likeness (QED) is 0.755. The zero-order valence-electron chi connectivity index (χ0n) is 9.56. The molecule has 0 spiro atoms. The molecule has 3 nitrogen and oxygen atoms in total. The van der Waals surface area contributed by atoms with Crippen molar-refractivity contribution in [3.05, 3.63) is 63.9 Å². The molecule has 0 bridgehead atoms. The Morgan fingerprint density at radius 2 is 1.74 bits per heavy atom. The van der Waals surface area contributed by atoms with Crippen molar-refractivity contribution < 1.29 is 14.0 Å². The van der Waals surface area contributed by atoms with Gasteiger partial charge in [0.05, 0.1) is 16.8 Å². The third kappa shape index (κ3) is 1.77. The molecule has 3 rings (SSSR count). The van der Waals surface area contributed by atoms with Crippen LogP contribution in [0.4, 0.5) is 10.1 Å². The molecule has 2 aromatic carbocycles. The van der Waals surface area contributed by atoms with Gasteiger partial charge in [0, 0.05) is 4.47 Å². The normalized spacial score (nSPS) is 13.9. The van der Waals surface area contributed by atoms with Crippen molar-refractivity contribution in [3.63, 3.8) is 0 Å². The van der Waals surface area contributed by atoms with E-state index in [4.69, 9.17) is 0 Å². The molecule has 1 heterocycles. The first-order valence-corrected chi connectivity index (χ1v) is 6.32. The second kappa shape index (κ2) is 4.28.